The molecule has 0 spiro atoms. The minimum absolute atomic E-state index is 0.139. The molecule has 0 aromatic heterocycles. The van der Waals surface area contributed by atoms with Gasteiger partial charge in [0.25, 0.3) is 0 Å². The first kappa shape index (κ1) is 14.2. The quantitative estimate of drug-likeness (QED) is 0.807. The fourth-order valence-corrected chi connectivity index (χ4v) is 2.73. The molecule has 1 aliphatic carbocycles. The van der Waals surface area contributed by atoms with Crippen LogP contribution in [-0.4, -0.2) is 44.8 Å². The molecule has 1 aromatic rings. The average molecular weight is 290 g/mol. The first-order chi connectivity index (χ1) is 10.1. The second-order valence-electron chi connectivity index (χ2n) is 6.06. The van der Waals surface area contributed by atoms with Gasteiger partial charge in [-0.25, -0.2) is 0 Å². The summed E-state index contributed by atoms with van der Waals surface area (Å²) in [5.41, 5.74) is 0.691. The number of hydrogen-bond donors (Lipinski definition) is 1. The number of nitrogens with one attached hydrogen (secondary N) is 1. The summed E-state index contributed by atoms with van der Waals surface area (Å²) in [6, 6.07) is 5.84. The van der Waals surface area contributed by atoms with Crippen LogP contribution < -0.4 is 14.8 Å². The predicted molar refractivity (Wildman–Crippen MR) is 79.7 cm³/mol. The van der Waals surface area contributed by atoms with E-state index < -0.39 is 0 Å². The molecule has 1 aromatic carbocycles. The van der Waals surface area contributed by atoms with Crippen molar-refractivity contribution in [3.05, 3.63) is 23.8 Å². The zero-order valence-corrected chi connectivity index (χ0v) is 12.6. The van der Waals surface area contributed by atoms with E-state index in [0.29, 0.717) is 0 Å². The number of rotatable bonds is 6. The van der Waals surface area contributed by atoms with Crippen LogP contribution in [0.25, 0.3) is 0 Å². The van der Waals surface area contributed by atoms with Crippen LogP contribution in [0.15, 0.2) is 18.2 Å². The van der Waals surface area contributed by atoms with Crippen molar-refractivity contribution in [3.8, 4) is 11.5 Å². The molecule has 114 valence electrons. The number of benzene rings is 1. The molecule has 21 heavy (non-hydrogen) atoms. The summed E-state index contributed by atoms with van der Waals surface area (Å²) < 4.78 is 10.7. The first-order valence-electron chi connectivity index (χ1n) is 7.45. The van der Waals surface area contributed by atoms with Crippen molar-refractivity contribution < 1.29 is 14.3 Å². The molecular formula is C16H22N2O3. The maximum absolute atomic E-state index is 12.5. The molecule has 1 N–H and O–H groups in total. The SMILES string of the molecule is CN(C)CCCNC(=O)C1(c2ccc3c(c2)OCO3)CC1. The molecular weight excluding hydrogens is 268 g/mol. The summed E-state index contributed by atoms with van der Waals surface area (Å²) in [4.78, 5) is 14.6. The molecule has 3 rings (SSSR count). The van der Waals surface area contributed by atoms with Gasteiger partial charge in [0.15, 0.2) is 11.5 Å². The monoisotopic (exact) mass is 290 g/mol. The van der Waals surface area contributed by atoms with E-state index >= 15 is 0 Å². The Kier molecular flexibility index (Phi) is 3.76. The van der Waals surface area contributed by atoms with Gasteiger partial charge in [-0.05, 0) is 57.6 Å². The Balaban J connectivity index is 1.62. The number of ether oxygens (including phenoxy) is 2. The van der Waals surface area contributed by atoms with E-state index in [9.17, 15) is 4.79 Å². The van der Waals surface area contributed by atoms with Gasteiger partial charge < -0.3 is 19.7 Å². The van der Waals surface area contributed by atoms with E-state index in [1.54, 1.807) is 0 Å². The average Bonchev–Trinajstić information content (AvgIpc) is 3.14. The highest BCUT2D eigenvalue weighted by Gasteiger charge is 2.51. The molecule has 1 heterocycles. The van der Waals surface area contributed by atoms with Gasteiger partial charge in [0.1, 0.15) is 0 Å². The van der Waals surface area contributed by atoms with Crippen LogP contribution in [-0.2, 0) is 10.2 Å². The third-order valence-corrected chi connectivity index (χ3v) is 4.18. The first-order valence-corrected chi connectivity index (χ1v) is 7.45. The maximum Gasteiger partial charge on any atom is 0.231 e. The zero-order valence-electron chi connectivity index (χ0n) is 12.6. The highest BCUT2D eigenvalue weighted by Crippen LogP contribution is 2.50. The van der Waals surface area contributed by atoms with E-state index in [0.717, 1.165) is 49.4 Å². The molecule has 5 heteroatoms. The minimum atomic E-state index is -0.348. The van der Waals surface area contributed by atoms with E-state index in [1.165, 1.54) is 0 Å². The van der Waals surface area contributed by atoms with E-state index in [4.69, 9.17) is 9.47 Å². The summed E-state index contributed by atoms with van der Waals surface area (Å²) in [6.07, 6.45) is 2.79. The van der Waals surface area contributed by atoms with Crippen molar-refractivity contribution in [2.75, 3.05) is 34.0 Å². The number of carbonyl (C=O) groups is 1. The van der Waals surface area contributed by atoms with Crippen LogP contribution in [0, 0.1) is 0 Å². The summed E-state index contributed by atoms with van der Waals surface area (Å²) >= 11 is 0. The Morgan fingerprint density at radius 2 is 2.05 bits per heavy atom. The van der Waals surface area contributed by atoms with Crippen molar-refractivity contribution in [3.63, 3.8) is 0 Å². The fourth-order valence-electron chi connectivity index (χ4n) is 2.73. The normalized spacial score (nSPS) is 17.9. The summed E-state index contributed by atoms with van der Waals surface area (Å²) in [7, 11) is 4.08. The van der Waals surface area contributed by atoms with Gasteiger partial charge in [-0.15, -0.1) is 0 Å². The van der Waals surface area contributed by atoms with Gasteiger partial charge >= 0.3 is 0 Å². The summed E-state index contributed by atoms with van der Waals surface area (Å²) in [6.45, 7) is 1.98. The molecule has 0 saturated heterocycles. The Labute approximate surface area is 125 Å². The largest absolute Gasteiger partial charge is 0.454 e. The van der Waals surface area contributed by atoms with Gasteiger partial charge in [0.05, 0.1) is 5.41 Å². The van der Waals surface area contributed by atoms with Crippen LogP contribution in [0.1, 0.15) is 24.8 Å². The lowest BCUT2D eigenvalue weighted by Gasteiger charge is -2.17. The predicted octanol–water partition coefficient (Wildman–Crippen LogP) is 1.51. The van der Waals surface area contributed by atoms with Crippen molar-refractivity contribution in [1.29, 1.82) is 0 Å². The number of hydrogen-bond acceptors (Lipinski definition) is 4. The zero-order chi connectivity index (χ0) is 14.9. The highest BCUT2D eigenvalue weighted by molar-refractivity contribution is 5.91. The smallest absolute Gasteiger partial charge is 0.231 e. The van der Waals surface area contributed by atoms with Crippen LogP contribution in [0.5, 0.6) is 11.5 Å². The highest BCUT2D eigenvalue weighted by atomic mass is 16.7. The third kappa shape index (κ3) is 2.83. The maximum atomic E-state index is 12.5. The Morgan fingerprint density at radius 1 is 1.29 bits per heavy atom. The molecule has 2 aliphatic rings. The lowest BCUT2D eigenvalue weighted by atomic mass is 9.94. The molecule has 0 bridgehead atoms. The van der Waals surface area contributed by atoms with Gasteiger partial charge in [-0.3, -0.25) is 4.79 Å². The molecule has 1 fully saturated rings. The van der Waals surface area contributed by atoms with Crippen LogP contribution in [0.2, 0.25) is 0 Å². The van der Waals surface area contributed by atoms with E-state index in [1.807, 2.05) is 32.3 Å². The molecule has 1 saturated carbocycles. The lowest BCUT2D eigenvalue weighted by molar-refractivity contribution is -0.123. The Morgan fingerprint density at radius 3 is 2.76 bits per heavy atom. The summed E-state index contributed by atoms with van der Waals surface area (Å²) in [5.74, 6) is 1.65. The Hall–Kier alpha value is -1.75. The topological polar surface area (TPSA) is 50.8 Å². The molecule has 5 nitrogen and oxygen atoms in total. The van der Waals surface area contributed by atoms with Crippen molar-refractivity contribution >= 4 is 5.91 Å². The van der Waals surface area contributed by atoms with E-state index in [-0.39, 0.29) is 18.1 Å². The van der Waals surface area contributed by atoms with Gasteiger partial charge in [-0.1, -0.05) is 6.07 Å². The third-order valence-electron chi connectivity index (χ3n) is 4.18. The molecule has 1 aliphatic heterocycles. The second-order valence-corrected chi connectivity index (χ2v) is 6.06. The lowest BCUT2D eigenvalue weighted by Crippen LogP contribution is -2.36. The van der Waals surface area contributed by atoms with Crippen LogP contribution >= 0.6 is 0 Å². The number of carbonyl (C=O) groups excluding carboxylic acids is 1. The van der Waals surface area contributed by atoms with Gasteiger partial charge in [0.2, 0.25) is 12.7 Å². The minimum Gasteiger partial charge on any atom is -0.454 e. The van der Waals surface area contributed by atoms with Gasteiger partial charge in [0, 0.05) is 6.54 Å². The van der Waals surface area contributed by atoms with Crippen molar-refractivity contribution in [1.82, 2.24) is 10.2 Å². The number of fused-ring (bicyclic) bond motifs is 1. The van der Waals surface area contributed by atoms with Crippen LogP contribution in [0.3, 0.4) is 0 Å². The Bertz CT molecular complexity index is 538. The van der Waals surface area contributed by atoms with Crippen LogP contribution in [0.4, 0.5) is 0 Å². The van der Waals surface area contributed by atoms with Gasteiger partial charge in [-0.2, -0.15) is 0 Å². The van der Waals surface area contributed by atoms with Crippen molar-refractivity contribution in [2.45, 2.75) is 24.7 Å². The summed E-state index contributed by atoms with van der Waals surface area (Å²) in [5, 5.41) is 3.07. The van der Waals surface area contributed by atoms with E-state index in [2.05, 4.69) is 10.2 Å². The molecule has 0 radical (unpaired) electrons. The van der Waals surface area contributed by atoms with Crippen molar-refractivity contribution in [2.24, 2.45) is 0 Å². The number of nitrogens with zero attached hydrogens (tertiary/aromatic N) is 1. The number of amides is 1. The molecule has 0 unspecified atom stereocenters. The second kappa shape index (κ2) is 5.56. The molecule has 0 atom stereocenters. The molecule has 1 amide bonds. The fraction of sp³-hybridized carbons (Fsp3) is 0.562. The standard InChI is InChI=1S/C16H22N2O3/c1-18(2)9-3-8-17-15(19)16(6-7-16)12-4-5-13-14(10-12)21-11-20-13/h4-5,10H,3,6-9,11H2,1-2H3,(H,17,19).